The van der Waals surface area contributed by atoms with E-state index in [4.69, 9.17) is 10.5 Å². The van der Waals surface area contributed by atoms with E-state index in [1.807, 2.05) is 13.8 Å². The summed E-state index contributed by atoms with van der Waals surface area (Å²) in [5.74, 6) is 0.827. The lowest BCUT2D eigenvalue weighted by Gasteiger charge is -2.11. The van der Waals surface area contributed by atoms with Crippen molar-refractivity contribution in [2.24, 2.45) is 0 Å². The number of rotatable bonds is 7. The zero-order valence-corrected chi connectivity index (χ0v) is 13.0. The van der Waals surface area contributed by atoms with Crippen molar-refractivity contribution >= 4 is 28.1 Å². The van der Waals surface area contributed by atoms with Crippen molar-refractivity contribution in [1.29, 1.82) is 0 Å². The van der Waals surface area contributed by atoms with Gasteiger partial charge < -0.3 is 15.8 Å². The maximum atomic E-state index is 11.8. The number of hydrogen-bond acceptors (Lipinski definition) is 4. The molecule has 0 saturated heterocycles. The molecule has 0 bridgehead atoms. The third-order valence-corrected chi connectivity index (χ3v) is 4.92. The minimum absolute atomic E-state index is 0.119. The Hall–Kier alpha value is -1.56. The minimum Gasteiger partial charge on any atom is -0.497 e. The monoisotopic (exact) mass is 298 g/mol. The van der Waals surface area contributed by atoms with Crippen molar-refractivity contribution in [3.05, 3.63) is 18.2 Å². The van der Waals surface area contributed by atoms with Gasteiger partial charge in [-0.3, -0.25) is 9.00 Å². The molecule has 0 spiro atoms. The summed E-state index contributed by atoms with van der Waals surface area (Å²) in [5, 5.41) is 2.84. The number of nitrogens with one attached hydrogen (secondary N) is 1. The molecule has 6 heteroatoms. The van der Waals surface area contributed by atoms with Gasteiger partial charge in [-0.25, -0.2) is 0 Å². The van der Waals surface area contributed by atoms with Gasteiger partial charge in [0.05, 0.1) is 18.5 Å². The molecule has 2 atom stereocenters. The Labute approximate surface area is 122 Å². The Balaban J connectivity index is 2.52. The highest BCUT2D eigenvalue weighted by molar-refractivity contribution is 7.85. The second-order valence-electron chi connectivity index (χ2n) is 4.56. The van der Waals surface area contributed by atoms with E-state index in [-0.39, 0.29) is 17.6 Å². The zero-order valence-electron chi connectivity index (χ0n) is 12.1. The predicted octanol–water partition coefficient (Wildman–Crippen LogP) is 2.15. The van der Waals surface area contributed by atoms with Gasteiger partial charge in [-0.1, -0.05) is 13.8 Å². The van der Waals surface area contributed by atoms with E-state index in [0.29, 0.717) is 22.9 Å². The number of ether oxygens (including phenoxy) is 1. The standard InChI is InChI=1S/C14H22N2O3S/c1-4-10(2)20(18)8-7-14(17)16-13-6-5-11(19-3)9-12(13)15/h5-6,9-10H,4,7-8,15H2,1-3H3,(H,16,17). The van der Waals surface area contributed by atoms with Crippen LogP contribution in [-0.4, -0.2) is 28.2 Å². The maximum Gasteiger partial charge on any atom is 0.225 e. The maximum absolute atomic E-state index is 11.8. The van der Waals surface area contributed by atoms with Gasteiger partial charge in [-0.15, -0.1) is 0 Å². The number of methoxy groups -OCH3 is 1. The highest BCUT2D eigenvalue weighted by Crippen LogP contribution is 2.24. The molecule has 0 aliphatic carbocycles. The Bertz CT molecular complexity index is 491. The van der Waals surface area contributed by atoms with Crippen molar-refractivity contribution in [3.63, 3.8) is 0 Å². The fourth-order valence-electron chi connectivity index (χ4n) is 1.57. The first-order valence-corrected chi connectivity index (χ1v) is 7.96. The summed E-state index contributed by atoms with van der Waals surface area (Å²) in [4.78, 5) is 11.8. The predicted molar refractivity (Wildman–Crippen MR) is 83.4 cm³/mol. The van der Waals surface area contributed by atoms with E-state index >= 15 is 0 Å². The van der Waals surface area contributed by atoms with Gasteiger partial charge in [0.1, 0.15) is 5.75 Å². The van der Waals surface area contributed by atoms with E-state index in [0.717, 1.165) is 6.42 Å². The second-order valence-corrected chi connectivity index (χ2v) is 6.53. The van der Waals surface area contributed by atoms with Crippen molar-refractivity contribution in [2.45, 2.75) is 31.9 Å². The number of nitrogens with two attached hydrogens (primary N) is 1. The smallest absolute Gasteiger partial charge is 0.225 e. The van der Waals surface area contributed by atoms with E-state index in [2.05, 4.69) is 5.32 Å². The molecule has 0 aliphatic rings. The Kier molecular flexibility index (Phi) is 6.51. The molecule has 3 N–H and O–H groups in total. The number of carbonyl (C=O) groups excluding carboxylic acids is 1. The van der Waals surface area contributed by atoms with Crippen LogP contribution in [0.3, 0.4) is 0 Å². The van der Waals surface area contributed by atoms with Crippen molar-refractivity contribution in [1.82, 2.24) is 0 Å². The first kappa shape index (κ1) is 16.5. The summed E-state index contributed by atoms with van der Waals surface area (Å²) in [7, 11) is 0.587. The number of hydrogen-bond donors (Lipinski definition) is 2. The van der Waals surface area contributed by atoms with Crippen LogP contribution in [0.2, 0.25) is 0 Å². The first-order chi connectivity index (χ1) is 9.47. The van der Waals surface area contributed by atoms with Crippen LogP contribution >= 0.6 is 0 Å². The highest BCUT2D eigenvalue weighted by Gasteiger charge is 2.12. The van der Waals surface area contributed by atoms with E-state index < -0.39 is 10.8 Å². The van der Waals surface area contributed by atoms with Crippen molar-refractivity contribution in [3.8, 4) is 5.75 Å². The fourth-order valence-corrected chi connectivity index (χ4v) is 2.74. The second kappa shape index (κ2) is 7.89. The van der Waals surface area contributed by atoms with Crippen LogP contribution in [0.4, 0.5) is 11.4 Å². The first-order valence-electron chi connectivity index (χ1n) is 6.58. The number of anilines is 2. The van der Waals surface area contributed by atoms with Crippen molar-refractivity contribution < 1.29 is 13.7 Å². The highest BCUT2D eigenvalue weighted by atomic mass is 32.2. The normalized spacial score (nSPS) is 13.6. The summed E-state index contributed by atoms with van der Waals surface area (Å²) in [6, 6.07) is 5.06. The number of carbonyl (C=O) groups is 1. The summed E-state index contributed by atoms with van der Waals surface area (Å²) >= 11 is 0. The lowest BCUT2D eigenvalue weighted by atomic mass is 10.2. The molecule has 1 aromatic carbocycles. The van der Waals surface area contributed by atoms with Gasteiger partial charge in [-0.2, -0.15) is 0 Å². The molecular formula is C14H22N2O3S. The molecule has 0 radical (unpaired) electrons. The van der Waals surface area contributed by atoms with Gasteiger partial charge in [0.2, 0.25) is 5.91 Å². The topological polar surface area (TPSA) is 81.4 Å². The van der Waals surface area contributed by atoms with Crippen LogP contribution in [0.25, 0.3) is 0 Å². The van der Waals surface area contributed by atoms with Crippen LogP contribution in [0.5, 0.6) is 5.75 Å². The molecule has 20 heavy (non-hydrogen) atoms. The Morgan fingerprint density at radius 2 is 2.20 bits per heavy atom. The van der Waals surface area contributed by atoms with Crippen LogP contribution in [0.1, 0.15) is 26.7 Å². The lowest BCUT2D eigenvalue weighted by Crippen LogP contribution is -2.19. The van der Waals surface area contributed by atoms with E-state index in [1.165, 1.54) is 0 Å². The molecule has 5 nitrogen and oxygen atoms in total. The molecule has 1 amide bonds. The Morgan fingerprint density at radius 3 is 2.75 bits per heavy atom. The molecule has 1 rings (SSSR count). The number of benzene rings is 1. The largest absolute Gasteiger partial charge is 0.497 e. The molecule has 0 heterocycles. The fraction of sp³-hybridized carbons (Fsp3) is 0.500. The number of amides is 1. The van der Waals surface area contributed by atoms with Gasteiger partial charge in [0.15, 0.2) is 0 Å². The quantitative estimate of drug-likeness (QED) is 0.756. The molecule has 0 fully saturated rings. The summed E-state index contributed by atoms with van der Waals surface area (Å²) < 4.78 is 16.8. The third-order valence-electron chi connectivity index (χ3n) is 3.09. The van der Waals surface area contributed by atoms with Gasteiger partial charge in [-0.05, 0) is 18.6 Å². The molecule has 2 unspecified atom stereocenters. The van der Waals surface area contributed by atoms with E-state index in [1.54, 1.807) is 25.3 Å². The molecule has 1 aromatic rings. The summed E-state index contributed by atoms with van der Waals surface area (Å²) in [6.07, 6.45) is 1.07. The molecule has 0 saturated carbocycles. The summed E-state index contributed by atoms with van der Waals surface area (Å²) in [5.41, 5.74) is 6.81. The number of nitrogen functional groups attached to an aromatic ring is 1. The molecular weight excluding hydrogens is 276 g/mol. The minimum atomic E-state index is -0.966. The summed E-state index contributed by atoms with van der Waals surface area (Å²) in [6.45, 7) is 3.91. The zero-order chi connectivity index (χ0) is 15.1. The molecule has 112 valence electrons. The van der Waals surface area contributed by atoms with Gasteiger partial charge in [0.25, 0.3) is 0 Å². The van der Waals surface area contributed by atoms with Crippen LogP contribution < -0.4 is 15.8 Å². The van der Waals surface area contributed by atoms with E-state index in [9.17, 15) is 9.00 Å². The lowest BCUT2D eigenvalue weighted by molar-refractivity contribution is -0.115. The van der Waals surface area contributed by atoms with Crippen LogP contribution in [0.15, 0.2) is 18.2 Å². The SMILES string of the molecule is CCC(C)S(=O)CCC(=O)Nc1ccc(OC)cc1N. The van der Waals surface area contributed by atoms with Crippen LogP contribution in [0, 0.1) is 0 Å². The average molecular weight is 298 g/mol. The van der Waals surface area contributed by atoms with Crippen LogP contribution in [-0.2, 0) is 15.6 Å². The van der Waals surface area contributed by atoms with Gasteiger partial charge in [0, 0.05) is 34.3 Å². The van der Waals surface area contributed by atoms with Gasteiger partial charge >= 0.3 is 0 Å². The average Bonchev–Trinajstić information content (AvgIpc) is 2.45. The Morgan fingerprint density at radius 1 is 1.50 bits per heavy atom. The molecule has 0 aromatic heterocycles. The van der Waals surface area contributed by atoms with Crippen molar-refractivity contribution in [2.75, 3.05) is 23.9 Å². The molecule has 0 aliphatic heterocycles. The third kappa shape index (κ3) is 4.85.